The average Bonchev–Trinajstić information content (AvgIpc) is 2.52. The van der Waals surface area contributed by atoms with Crippen LogP contribution in [-0.4, -0.2) is 27.4 Å². The lowest BCUT2D eigenvalue weighted by atomic mass is 9.87. The van der Waals surface area contributed by atoms with Gasteiger partial charge >= 0.3 is 0 Å². The van der Waals surface area contributed by atoms with E-state index in [2.05, 4.69) is 12.2 Å². The van der Waals surface area contributed by atoms with E-state index in [4.69, 9.17) is 14.2 Å². The molecule has 0 saturated heterocycles. The summed E-state index contributed by atoms with van der Waals surface area (Å²) in [5.41, 5.74) is 1.05. The summed E-state index contributed by atoms with van der Waals surface area (Å²) in [5, 5.41) is 3.65. The molecule has 1 aliphatic rings. The maximum Gasteiger partial charge on any atom is 0.130 e. The summed E-state index contributed by atoms with van der Waals surface area (Å²) >= 11 is 0. The molecule has 2 unspecified atom stereocenters. The van der Waals surface area contributed by atoms with Crippen LogP contribution < -0.4 is 19.5 Å². The van der Waals surface area contributed by atoms with Crippen molar-refractivity contribution in [2.75, 3.05) is 21.3 Å². The molecule has 4 nitrogen and oxygen atoms in total. The van der Waals surface area contributed by atoms with Crippen LogP contribution in [0.3, 0.4) is 0 Å². The molecule has 1 aliphatic carbocycles. The number of methoxy groups -OCH3 is 3. The summed E-state index contributed by atoms with van der Waals surface area (Å²) in [6.07, 6.45) is 5.18. The van der Waals surface area contributed by atoms with E-state index >= 15 is 0 Å². The lowest BCUT2D eigenvalue weighted by molar-refractivity contribution is 0.296. The van der Waals surface area contributed by atoms with Crippen LogP contribution in [0.5, 0.6) is 17.2 Å². The Morgan fingerprint density at radius 3 is 2.24 bits per heavy atom. The minimum absolute atomic E-state index is 0.588. The van der Waals surface area contributed by atoms with Crippen molar-refractivity contribution >= 4 is 0 Å². The van der Waals surface area contributed by atoms with Crippen LogP contribution in [0, 0.1) is 5.92 Å². The van der Waals surface area contributed by atoms with Crippen LogP contribution in [0.2, 0.25) is 0 Å². The quantitative estimate of drug-likeness (QED) is 0.873. The van der Waals surface area contributed by atoms with E-state index in [1.165, 1.54) is 25.7 Å². The number of ether oxygens (including phenoxy) is 3. The molecule has 1 saturated carbocycles. The van der Waals surface area contributed by atoms with Crippen molar-refractivity contribution in [3.8, 4) is 17.2 Å². The van der Waals surface area contributed by atoms with E-state index in [-0.39, 0.29) is 0 Å². The van der Waals surface area contributed by atoms with Gasteiger partial charge < -0.3 is 19.5 Å². The topological polar surface area (TPSA) is 39.7 Å². The lowest BCUT2D eigenvalue weighted by Gasteiger charge is -2.28. The van der Waals surface area contributed by atoms with E-state index in [0.717, 1.165) is 35.3 Å². The zero-order valence-corrected chi connectivity index (χ0v) is 13.6. The van der Waals surface area contributed by atoms with E-state index in [1.807, 2.05) is 12.1 Å². The van der Waals surface area contributed by atoms with Crippen LogP contribution in [0.25, 0.3) is 0 Å². The van der Waals surface area contributed by atoms with Crippen molar-refractivity contribution in [1.29, 1.82) is 0 Å². The zero-order valence-electron chi connectivity index (χ0n) is 13.6. The molecule has 118 valence electrons. The summed E-state index contributed by atoms with van der Waals surface area (Å²) in [7, 11) is 5.01. The molecule has 1 aromatic rings. The number of benzene rings is 1. The predicted molar refractivity (Wildman–Crippen MR) is 84.4 cm³/mol. The second-order valence-electron chi connectivity index (χ2n) is 5.86. The van der Waals surface area contributed by atoms with Gasteiger partial charge in [-0.3, -0.25) is 0 Å². The molecule has 0 amide bonds. The molecular weight excluding hydrogens is 266 g/mol. The minimum atomic E-state index is 0.588. The molecule has 1 N–H and O–H groups in total. The Labute approximate surface area is 127 Å². The first-order valence-corrected chi connectivity index (χ1v) is 7.70. The molecule has 0 heterocycles. The third-order valence-corrected chi connectivity index (χ3v) is 4.32. The summed E-state index contributed by atoms with van der Waals surface area (Å²) in [6.45, 7) is 3.09. The molecular formula is C17H27NO3. The van der Waals surface area contributed by atoms with Crippen molar-refractivity contribution in [3.63, 3.8) is 0 Å². The average molecular weight is 293 g/mol. The summed E-state index contributed by atoms with van der Waals surface area (Å²) in [5.74, 6) is 3.18. The standard InChI is InChI=1S/C17H27NO3/c1-12-6-5-7-13(8-12)18-11-15-16(20-3)9-14(19-2)10-17(15)21-4/h9-10,12-13,18H,5-8,11H2,1-4H3. The number of hydrogen-bond acceptors (Lipinski definition) is 4. The van der Waals surface area contributed by atoms with Gasteiger partial charge in [0, 0.05) is 24.7 Å². The molecule has 0 bridgehead atoms. The van der Waals surface area contributed by atoms with E-state index in [0.29, 0.717) is 6.04 Å². The van der Waals surface area contributed by atoms with Crippen LogP contribution >= 0.6 is 0 Å². The third kappa shape index (κ3) is 4.03. The third-order valence-electron chi connectivity index (χ3n) is 4.32. The first kappa shape index (κ1) is 16.0. The smallest absolute Gasteiger partial charge is 0.130 e. The fraction of sp³-hybridized carbons (Fsp3) is 0.647. The van der Waals surface area contributed by atoms with Gasteiger partial charge in [-0.05, 0) is 18.8 Å². The predicted octanol–water partition coefficient (Wildman–Crippen LogP) is 3.38. The van der Waals surface area contributed by atoms with Gasteiger partial charge in [0.25, 0.3) is 0 Å². The fourth-order valence-corrected chi connectivity index (χ4v) is 3.12. The Balaban J connectivity index is 2.10. The Hall–Kier alpha value is -1.42. The Morgan fingerprint density at radius 1 is 1.05 bits per heavy atom. The lowest BCUT2D eigenvalue weighted by Crippen LogP contribution is -2.33. The Bertz CT molecular complexity index is 436. The second-order valence-corrected chi connectivity index (χ2v) is 5.86. The molecule has 4 heteroatoms. The zero-order chi connectivity index (χ0) is 15.2. The SMILES string of the molecule is COc1cc(OC)c(CNC2CCCC(C)C2)c(OC)c1. The van der Waals surface area contributed by atoms with Gasteiger partial charge in [0.15, 0.2) is 0 Å². The maximum atomic E-state index is 5.49. The monoisotopic (exact) mass is 293 g/mol. The van der Waals surface area contributed by atoms with Crippen molar-refractivity contribution in [2.24, 2.45) is 5.92 Å². The molecule has 1 aromatic carbocycles. The Morgan fingerprint density at radius 2 is 1.71 bits per heavy atom. The highest BCUT2D eigenvalue weighted by Crippen LogP contribution is 2.34. The molecule has 21 heavy (non-hydrogen) atoms. The van der Waals surface area contributed by atoms with Gasteiger partial charge in [-0.2, -0.15) is 0 Å². The van der Waals surface area contributed by atoms with Crippen molar-refractivity contribution in [3.05, 3.63) is 17.7 Å². The van der Waals surface area contributed by atoms with E-state index in [1.54, 1.807) is 21.3 Å². The van der Waals surface area contributed by atoms with E-state index in [9.17, 15) is 0 Å². The molecule has 2 atom stereocenters. The number of rotatable bonds is 6. The Kier molecular flexibility index (Phi) is 5.74. The first-order valence-electron chi connectivity index (χ1n) is 7.70. The van der Waals surface area contributed by atoms with Gasteiger partial charge in [0.2, 0.25) is 0 Å². The van der Waals surface area contributed by atoms with Gasteiger partial charge in [0.05, 0.1) is 26.9 Å². The van der Waals surface area contributed by atoms with Gasteiger partial charge in [0.1, 0.15) is 17.2 Å². The molecule has 1 fully saturated rings. The van der Waals surface area contributed by atoms with Crippen molar-refractivity contribution in [1.82, 2.24) is 5.32 Å². The van der Waals surface area contributed by atoms with Crippen LogP contribution in [0.4, 0.5) is 0 Å². The minimum Gasteiger partial charge on any atom is -0.496 e. The molecule has 0 radical (unpaired) electrons. The summed E-state index contributed by atoms with van der Waals surface area (Å²) < 4.78 is 16.3. The molecule has 0 spiro atoms. The highest BCUT2D eigenvalue weighted by molar-refractivity contribution is 5.50. The van der Waals surface area contributed by atoms with Crippen LogP contribution in [-0.2, 0) is 6.54 Å². The largest absolute Gasteiger partial charge is 0.496 e. The molecule has 2 rings (SSSR count). The van der Waals surface area contributed by atoms with Gasteiger partial charge in [-0.25, -0.2) is 0 Å². The molecule has 0 aliphatic heterocycles. The van der Waals surface area contributed by atoms with Crippen molar-refractivity contribution < 1.29 is 14.2 Å². The van der Waals surface area contributed by atoms with Crippen LogP contribution in [0.1, 0.15) is 38.2 Å². The van der Waals surface area contributed by atoms with Gasteiger partial charge in [-0.1, -0.05) is 19.8 Å². The van der Waals surface area contributed by atoms with E-state index < -0.39 is 0 Å². The van der Waals surface area contributed by atoms with Crippen molar-refractivity contribution in [2.45, 2.75) is 45.2 Å². The fourth-order valence-electron chi connectivity index (χ4n) is 3.12. The van der Waals surface area contributed by atoms with Gasteiger partial charge in [-0.15, -0.1) is 0 Å². The highest BCUT2D eigenvalue weighted by Gasteiger charge is 2.20. The first-order chi connectivity index (χ1) is 10.2. The second kappa shape index (κ2) is 7.55. The number of nitrogens with one attached hydrogen (secondary N) is 1. The normalized spacial score (nSPS) is 21.9. The summed E-state index contributed by atoms with van der Waals surface area (Å²) in [4.78, 5) is 0. The maximum absolute atomic E-state index is 5.49. The number of hydrogen-bond donors (Lipinski definition) is 1. The summed E-state index contributed by atoms with van der Waals surface area (Å²) in [6, 6.07) is 4.40. The highest BCUT2D eigenvalue weighted by atomic mass is 16.5. The molecule has 0 aromatic heterocycles. The van der Waals surface area contributed by atoms with Crippen LogP contribution in [0.15, 0.2) is 12.1 Å².